The molecule has 0 bridgehead atoms. The Kier molecular flexibility index (Phi) is 9.54. The Morgan fingerprint density at radius 2 is 1.29 bits per heavy atom. The van der Waals surface area contributed by atoms with Gasteiger partial charge in [-0.2, -0.15) is 4.98 Å². The lowest BCUT2D eigenvalue weighted by Gasteiger charge is -2.44. The summed E-state index contributed by atoms with van der Waals surface area (Å²) in [4.78, 5) is 16.7. The summed E-state index contributed by atoms with van der Waals surface area (Å²) in [6, 6.07) is 1.40. The molecule has 1 aliphatic heterocycles. The van der Waals surface area contributed by atoms with Crippen LogP contribution in [0.15, 0.2) is 17.1 Å². The molecule has 1 aliphatic rings. The highest BCUT2D eigenvalue weighted by atomic mass is 28.4. The zero-order valence-corrected chi connectivity index (χ0v) is 29.6. The highest BCUT2D eigenvalue weighted by Gasteiger charge is 2.55. The van der Waals surface area contributed by atoms with Crippen molar-refractivity contribution in [2.75, 3.05) is 6.61 Å². The van der Waals surface area contributed by atoms with Gasteiger partial charge in [-0.25, -0.2) is 4.79 Å². The van der Waals surface area contributed by atoms with E-state index in [1.165, 1.54) is 16.8 Å². The van der Waals surface area contributed by atoms with Crippen molar-refractivity contribution in [3.63, 3.8) is 0 Å². The van der Waals surface area contributed by atoms with E-state index >= 15 is 0 Å². The molecule has 1 aromatic heterocycles. The summed E-state index contributed by atoms with van der Waals surface area (Å²) in [6.07, 6.45) is -0.633. The fraction of sp³-hybridized carbons (Fsp3) is 0.852. The molecular formula is C27H54N2O6Si3. The molecule has 11 heteroatoms. The minimum atomic E-state index is -2.32. The van der Waals surface area contributed by atoms with E-state index in [-0.39, 0.29) is 21.0 Å². The van der Waals surface area contributed by atoms with Gasteiger partial charge in [0, 0.05) is 12.3 Å². The van der Waals surface area contributed by atoms with E-state index in [1.807, 2.05) is 0 Å². The second kappa shape index (κ2) is 10.9. The summed E-state index contributed by atoms with van der Waals surface area (Å²) in [5.41, 5.74) is -0.587. The average molecular weight is 587 g/mol. The first-order chi connectivity index (χ1) is 16.8. The SMILES string of the molecule is CC(C)(C)[Si](C)(C)OC[C@H]1O[C@@H](n2ccc(O)nc2=O)C(O[Si](C)(C)C(C)(C)C)C1O[Si](C)(C)C(C)(C)C. The van der Waals surface area contributed by atoms with E-state index in [1.54, 1.807) is 0 Å². The van der Waals surface area contributed by atoms with Crippen LogP contribution < -0.4 is 5.69 Å². The van der Waals surface area contributed by atoms with Crippen LogP contribution in [0.25, 0.3) is 0 Å². The van der Waals surface area contributed by atoms with Crippen LogP contribution in [-0.4, -0.2) is 64.5 Å². The summed E-state index contributed by atoms with van der Waals surface area (Å²) >= 11 is 0. The molecule has 0 saturated carbocycles. The van der Waals surface area contributed by atoms with Gasteiger partial charge in [0.05, 0.1) is 6.61 Å². The minimum Gasteiger partial charge on any atom is -0.493 e. The Labute approximate surface area is 233 Å². The first kappa shape index (κ1) is 33.4. The minimum absolute atomic E-state index is 0.0334. The molecule has 0 aliphatic carbocycles. The second-order valence-corrected chi connectivity index (χ2v) is 29.6. The zero-order chi connectivity index (χ0) is 29.7. The molecular weight excluding hydrogens is 533 g/mol. The first-order valence-corrected chi connectivity index (χ1v) is 22.5. The van der Waals surface area contributed by atoms with Crippen LogP contribution in [0, 0.1) is 0 Å². The van der Waals surface area contributed by atoms with Gasteiger partial charge in [-0.15, -0.1) is 0 Å². The molecule has 4 atom stereocenters. The molecule has 2 heterocycles. The Bertz CT molecular complexity index is 1020. The van der Waals surface area contributed by atoms with E-state index in [0.29, 0.717) is 6.61 Å². The van der Waals surface area contributed by atoms with Gasteiger partial charge >= 0.3 is 5.69 Å². The van der Waals surface area contributed by atoms with Crippen molar-refractivity contribution in [3.05, 3.63) is 22.7 Å². The molecule has 0 spiro atoms. The van der Waals surface area contributed by atoms with Gasteiger partial charge < -0.3 is 23.1 Å². The van der Waals surface area contributed by atoms with Crippen LogP contribution in [0.2, 0.25) is 54.4 Å². The fourth-order valence-electron chi connectivity index (χ4n) is 3.47. The predicted octanol–water partition coefficient (Wildman–Crippen LogP) is 6.65. The van der Waals surface area contributed by atoms with Gasteiger partial charge in [0.2, 0.25) is 5.88 Å². The normalized spacial score (nSPS) is 24.2. The monoisotopic (exact) mass is 586 g/mol. The van der Waals surface area contributed by atoms with Crippen molar-refractivity contribution >= 4 is 25.0 Å². The second-order valence-electron chi connectivity index (χ2n) is 15.3. The number of rotatable bonds is 8. The van der Waals surface area contributed by atoms with E-state index in [4.69, 9.17) is 18.0 Å². The van der Waals surface area contributed by atoms with Crippen molar-refractivity contribution in [3.8, 4) is 5.88 Å². The van der Waals surface area contributed by atoms with Gasteiger partial charge in [-0.1, -0.05) is 62.3 Å². The lowest BCUT2D eigenvalue weighted by molar-refractivity contribution is -0.0510. The maximum absolute atomic E-state index is 13.0. The van der Waals surface area contributed by atoms with Crippen LogP contribution in [0.5, 0.6) is 5.88 Å². The van der Waals surface area contributed by atoms with Crippen LogP contribution >= 0.6 is 0 Å². The van der Waals surface area contributed by atoms with Crippen LogP contribution in [-0.2, 0) is 18.0 Å². The molecule has 0 radical (unpaired) electrons. The lowest BCUT2D eigenvalue weighted by atomic mass is 10.1. The highest BCUT2D eigenvalue weighted by Crippen LogP contribution is 2.46. The molecule has 1 fully saturated rings. The van der Waals surface area contributed by atoms with Crippen LogP contribution in [0.4, 0.5) is 0 Å². The number of hydrogen-bond acceptors (Lipinski definition) is 7. The molecule has 38 heavy (non-hydrogen) atoms. The molecule has 2 rings (SSSR count). The number of aromatic hydroxyl groups is 1. The Morgan fingerprint density at radius 3 is 1.71 bits per heavy atom. The van der Waals surface area contributed by atoms with E-state index < -0.39 is 55.2 Å². The average Bonchev–Trinajstić information content (AvgIpc) is 3.00. The Balaban J connectivity index is 2.64. The smallest absolute Gasteiger partial charge is 0.353 e. The summed E-state index contributed by atoms with van der Waals surface area (Å²) in [5, 5.41) is 9.75. The van der Waals surface area contributed by atoms with Crippen molar-refractivity contribution < 1.29 is 23.1 Å². The topological polar surface area (TPSA) is 92.0 Å². The number of ether oxygens (including phenoxy) is 1. The summed E-state index contributed by atoms with van der Waals surface area (Å²) < 4.78 is 28.8. The summed E-state index contributed by atoms with van der Waals surface area (Å²) in [6.45, 7) is 33.5. The summed E-state index contributed by atoms with van der Waals surface area (Å²) in [7, 11) is -6.67. The Hall–Kier alpha value is -0.829. The van der Waals surface area contributed by atoms with E-state index in [9.17, 15) is 9.90 Å². The Morgan fingerprint density at radius 1 is 0.842 bits per heavy atom. The number of aromatic nitrogens is 2. The molecule has 0 amide bonds. The van der Waals surface area contributed by atoms with Gasteiger partial charge in [0.1, 0.15) is 18.3 Å². The quantitative estimate of drug-likeness (QED) is 0.341. The van der Waals surface area contributed by atoms with Crippen molar-refractivity contribution in [2.24, 2.45) is 0 Å². The maximum Gasteiger partial charge on any atom is 0.353 e. The number of hydrogen-bond donors (Lipinski definition) is 1. The van der Waals surface area contributed by atoms with Gasteiger partial charge in [-0.05, 0) is 54.4 Å². The standard InChI is InChI=1S/C27H54N2O6Si3/c1-25(2,3)36(10,11)32-18-19-21(34-37(12,13)26(4,5)6)22(35-38(14,15)27(7,8)9)23(33-19)29-17-16-20(30)28-24(29)31/h16-17,19,21-23H,18H2,1-15H3,(H,28,30,31)/t19-,21?,22?,23-/m1/s1. The maximum atomic E-state index is 13.0. The first-order valence-electron chi connectivity index (χ1n) is 13.7. The third-order valence-electron chi connectivity index (χ3n) is 9.26. The van der Waals surface area contributed by atoms with E-state index in [2.05, 4.69) is 107 Å². The van der Waals surface area contributed by atoms with Crippen LogP contribution in [0.3, 0.4) is 0 Å². The molecule has 1 aromatic rings. The molecule has 2 unspecified atom stereocenters. The van der Waals surface area contributed by atoms with Crippen molar-refractivity contribution in [1.82, 2.24) is 9.55 Å². The van der Waals surface area contributed by atoms with Crippen molar-refractivity contribution in [1.29, 1.82) is 0 Å². The van der Waals surface area contributed by atoms with Gasteiger partial charge in [0.15, 0.2) is 31.2 Å². The van der Waals surface area contributed by atoms with Gasteiger partial charge in [-0.3, -0.25) is 4.57 Å². The third kappa shape index (κ3) is 7.27. The lowest BCUT2D eigenvalue weighted by Crippen LogP contribution is -2.54. The van der Waals surface area contributed by atoms with Gasteiger partial charge in [0.25, 0.3) is 0 Å². The molecule has 1 N–H and O–H groups in total. The van der Waals surface area contributed by atoms with Crippen LogP contribution in [0.1, 0.15) is 68.5 Å². The number of nitrogens with zero attached hydrogens (tertiary/aromatic N) is 2. The fourth-order valence-corrected chi connectivity index (χ4v) is 7.09. The molecule has 8 nitrogen and oxygen atoms in total. The molecule has 0 aromatic carbocycles. The largest absolute Gasteiger partial charge is 0.493 e. The predicted molar refractivity (Wildman–Crippen MR) is 161 cm³/mol. The highest BCUT2D eigenvalue weighted by molar-refractivity contribution is 6.75. The summed E-state index contributed by atoms with van der Waals surface area (Å²) in [5.74, 6) is -0.321. The van der Waals surface area contributed by atoms with E-state index in [0.717, 1.165) is 0 Å². The molecule has 1 saturated heterocycles. The molecule has 220 valence electrons. The van der Waals surface area contributed by atoms with Crippen molar-refractivity contribution in [2.45, 2.75) is 141 Å². The third-order valence-corrected chi connectivity index (χ3v) is 22.7. The zero-order valence-electron chi connectivity index (χ0n) is 26.6.